The van der Waals surface area contributed by atoms with Gasteiger partial charge in [0, 0.05) is 5.57 Å². The first kappa shape index (κ1) is 18.2. The lowest BCUT2D eigenvalue weighted by Gasteiger charge is -2.30. The van der Waals surface area contributed by atoms with Crippen molar-refractivity contribution in [3.8, 4) is 0 Å². The molecule has 3 unspecified atom stereocenters. The van der Waals surface area contributed by atoms with Crippen molar-refractivity contribution in [1.29, 1.82) is 0 Å². The highest BCUT2D eigenvalue weighted by molar-refractivity contribution is 5.93. The van der Waals surface area contributed by atoms with Crippen LogP contribution in [0.5, 0.6) is 0 Å². The van der Waals surface area contributed by atoms with Crippen molar-refractivity contribution in [2.45, 2.75) is 65.3 Å². The van der Waals surface area contributed by atoms with Crippen molar-refractivity contribution in [1.82, 2.24) is 0 Å². The molecule has 0 aromatic carbocycles. The van der Waals surface area contributed by atoms with Crippen LogP contribution in [0.2, 0.25) is 0 Å². The summed E-state index contributed by atoms with van der Waals surface area (Å²) in [5.41, 5.74) is -1.65. The Labute approximate surface area is 130 Å². The van der Waals surface area contributed by atoms with Gasteiger partial charge in [0.15, 0.2) is 0 Å². The Bertz CT molecular complexity index is 501. The Morgan fingerprint density at radius 1 is 1.36 bits per heavy atom. The summed E-state index contributed by atoms with van der Waals surface area (Å²) in [7, 11) is 0. The highest BCUT2D eigenvalue weighted by Gasteiger charge is 2.59. The van der Waals surface area contributed by atoms with Crippen molar-refractivity contribution in [2.75, 3.05) is 0 Å². The molecule has 3 atom stereocenters. The number of carbonyl (C=O) groups is 3. The van der Waals surface area contributed by atoms with Gasteiger partial charge in [-0.05, 0) is 41.0 Å². The van der Waals surface area contributed by atoms with Crippen LogP contribution in [0.4, 0.5) is 0 Å². The molecule has 0 spiro atoms. The zero-order valence-electron chi connectivity index (χ0n) is 14.0. The fraction of sp³-hybridized carbons (Fsp3) is 0.688. The molecule has 0 aromatic rings. The minimum Gasteiger partial charge on any atom is -0.460 e. The van der Waals surface area contributed by atoms with E-state index in [1.54, 1.807) is 34.6 Å². The predicted octanol–water partition coefficient (Wildman–Crippen LogP) is 2.16. The van der Waals surface area contributed by atoms with Crippen LogP contribution in [0.25, 0.3) is 0 Å². The molecule has 0 aliphatic carbocycles. The number of hydrogen-bond donors (Lipinski definition) is 0. The molecular formula is C16H24O6. The molecule has 1 rings (SSSR count). The number of rotatable bonds is 4. The standard InChI is InChI=1S/C16H24O6/c1-8-16(7)10(13(18)21-15(4,5)6)11(14(19)22-16)20-12(17)9(2)3/h10-11H,2,8H2,1,3-7H3. The Balaban J connectivity index is 3.11. The van der Waals surface area contributed by atoms with E-state index in [0.717, 1.165) is 0 Å². The second kappa shape index (κ2) is 6.10. The Kier molecular flexibility index (Phi) is 5.05. The van der Waals surface area contributed by atoms with Crippen molar-refractivity contribution in [3.63, 3.8) is 0 Å². The van der Waals surface area contributed by atoms with Gasteiger partial charge in [0.1, 0.15) is 17.1 Å². The summed E-state index contributed by atoms with van der Waals surface area (Å²) in [5.74, 6) is -3.11. The van der Waals surface area contributed by atoms with Crippen LogP contribution in [0.15, 0.2) is 12.2 Å². The van der Waals surface area contributed by atoms with Crippen molar-refractivity contribution in [2.24, 2.45) is 5.92 Å². The number of esters is 3. The maximum atomic E-state index is 12.5. The topological polar surface area (TPSA) is 78.9 Å². The number of hydrogen-bond acceptors (Lipinski definition) is 6. The summed E-state index contributed by atoms with van der Waals surface area (Å²) in [6.07, 6.45) is -0.923. The second-order valence-electron chi connectivity index (χ2n) is 6.70. The first-order valence-electron chi connectivity index (χ1n) is 7.23. The minimum atomic E-state index is -1.32. The molecule has 0 bridgehead atoms. The molecule has 6 nitrogen and oxygen atoms in total. The van der Waals surface area contributed by atoms with E-state index in [0.29, 0.717) is 6.42 Å². The van der Waals surface area contributed by atoms with E-state index < -0.39 is 41.1 Å². The maximum Gasteiger partial charge on any atom is 0.349 e. The lowest BCUT2D eigenvalue weighted by molar-refractivity contribution is -0.171. The summed E-state index contributed by atoms with van der Waals surface area (Å²) in [6, 6.07) is 0. The van der Waals surface area contributed by atoms with Gasteiger partial charge in [-0.1, -0.05) is 13.5 Å². The average Bonchev–Trinajstić information content (AvgIpc) is 2.59. The molecule has 124 valence electrons. The van der Waals surface area contributed by atoms with Gasteiger partial charge in [-0.15, -0.1) is 0 Å². The molecule has 1 saturated heterocycles. The highest BCUT2D eigenvalue weighted by atomic mass is 16.6. The molecule has 0 N–H and O–H groups in total. The van der Waals surface area contributed by atoms with Crippen LogP contribution in [0.1, 0.15) is 48.0 Å². The lowest BCUT2D eigenvalue weighted by Crippen LogP contribution is -2.45. The van der Waals surface area contributed by atoms with Crippen LogP contribution in [-0.2, 0) is 28.6 Å². The van der Waals surface area contributed by atoms with Gasteiger partial charge in [0.25, 0.3) is 0 Å². The molecule has 0 aromatic heterocycles. The van der Waals surface area contributed by atoms with Crippen molar-refractivity contribution < 1.29 is 28.6 Å². The third-order valence-electron chi connectivity index (χ3n) is 3.47. The molecule has 1 aliphatic rings. The van der Waals surface area contributed by atoms with E-state index in [1.807, 2.05) is 0 Å². The van der Waals surface area contributed by atoms with E-state index in [9.17, 15) is 14.4 Å². The monoisotopic (exact) mass is 312 g/mol. The number of ether oxygens (including phenoxy) is 3. The number of cyclic esters (lactones) is 1. The molecule has 0 amide bonds. The summed E-state index contributed by atoms with van der Waals surface area (Å²) in [6.45, 7) is 13.5. The van der Waals surface area contributed by atoms with E-state index in [4.69, 9.17) is 14.2 Å². The zero-order valence-corrected chi connectivity index (χ0v) is 14.0. The number of carbonyl (C=O) groups excluding carboxylic acids is 3. The van der Waals surface area contributed by atoms with Gasteiger partial charge >= 0.3 is 17.9 Å². The second-order valence-corrected chi connectivity index (χ2v) is 6.70. The average molecular weight is 312 g/mol. The molecule has 0 radical (unpaired) electrons. The summed E-state index contributed by atoms with van der Waals surface area (Å²) < 4.78 is 15.8. The Morgan fingerprint density at radius 2 is 1.91 bits per heavy atom. The summed E-state index contributed by atoms with van der Waals surface area (Å²) in [4.78, 5) is 36.2. The van der Waals surface area contributed by atoms with Gasteiger partial charge in [-0.3, -0.25) is 4.79 Å². The fourth-order valence-corrected chi connectivity index (χ4v) is 2.17. The van der Waals surface area contributed by atoms with E-state index in [2.05, 4.69) is 6.58 Å². The molecule has 0 saturated carbocycles. The molecule has 1 fully saturated rings. The van der Waals surface area contributed by atoms with Crippen LogP contribution in [0, 0.1) is 5.92 Å². The maximum absolute atomic E-state index is 12.5. The lowest BCUT2D eigenvalue weighted by atomic mass is 9.85. The molecule has 22 heavy (non-hydrogen) atoms. The van der Waals surface area contributed by atoms with E-state index in [1.165, 1.54) is 6.92 Å². The zero-order chi connectivity index (χ0) is 17.3. The van der Waals surface area contributed by atoms with Gasteiger partial charge in [0.2, 0.25) is 6.10 Å². The van der Waals surface area contributed by atoms with Gasteiger partial charge < -0.3 is 14.2 Å². The summed E-state index contributed by atoms with van der Waals surface area (Å²) in [5, 5.41) is 0. The van der Waals surface area contributed by atoms with Crippen LogP contribution < -0.4 is 0 Å². The van der Waals surface area contributed by atoms with Crippen molar-refractivity contribution >= 4 is 17.9 Å². The quantitative estimate of drug-likeness (QED) is 0.449. The van der Waals surface area contributed by atoms with Crippen LogP contribution >= 0.6 is 0 Å². The van der Waals surface area contributed by atoms with Crippen LogP contribution in [-0.4, -0.2) is 35.2 Å². The highest BCUT2D eigenvalue weighted by Crippen LogP contribution is 2.39. The van der Waals surface area contributed by atoms with E-state index in [-0.39, 0.29) is 5.57 Å². The Morgan fingerprint density at radius 3 is 2.32 bits per heavy atom. The van der Waals surface area contributed by atoms with E-state index >= 15 is 0 Å². The van der Waals surface area contributed by atoms with Gasteiger partial charge in [-0.2, -0.15) is 0 Å². The largest absolute Gasteiger partial charge is 0.460 e. The third-order valence-corrected chi connectivity index (χ3v) is 3.47. The first-order valence-corrected chi connectivity index (χ1v) is 7.23. The normalized spacial score (nSPS) is 28.0. The van der Waals surface area contributed by atoms with Gasteiger partial charge in [-0.25, -0.2) is 9.59 Å². The molecular weight excluding hydrogens is 288 g/mol. The molecule has 6 heteroatoms. The smallest absolute Gasteiger partial charge is 0.349 e. The fourth-order valence-electron chi connectivity index (χ4n) is 2.17. The third kappa shape index (κ3) is 3.87. The molecule has 1 heterocycles. The van der Waals surface area contributed by atoms with Crippen LogP contribution in [0.3, 0.4) is 0 Å². The first-order chi connectivity index (χ1) is 9.91. The Hall–Kier alpha value is -1.85. The summed E-state index contributed by atoms with van der Waals surface area (Å²) >= 11 is 0. The van der Waals surface area contributed by atoms with Gasteiger partial charge in [0.05, 0.1) is 0 Å². The molecule has 1 aliphatic heterocycles. The minimum absolute atomic E-state index is 0.140. The van der Waals surface area contributed by atoms with Crippen molar-refractivity contribution in [3.05, 3.63) is 12.2 Å². The predicted molar refractivity (Wildman–Crippen MR) is 78.8 cm³/mol. The SMILES string of the molecule is C=C(C)C(=O)OC1C(=O)OC(C)(CC)C1C(=O)OC(C)(C)C.